The standard InChI is InChI=1S/C13H19N5/c1-9(7-14)8-18(3)12-6-11(15-2)16-13(17-12)10-4-5-10/h6,9-10H,4-5,8H2,1-3H3,(H,15,16,17). The quantitative estimate of drug-likeness (QED) is 0.859. The van der Waals surface area contributed by atoms with Crippen LogP contribution in [0.25, 0.3) is 0 Å². The molecule has 1 aliphatic carbocycles. The summed E-state index contributed by atoms with van der Waals surface area (Å²) >= 11 is 0. The van der Waals surface area contributed by atoms with Crippen molar-refractivity contribution < 1.29 is 0 Å². The van der Waals surface area contributed by atoms with E-state index in [-0.39, 0.29) is 5.92 Å². The third-order valence-electron chi connectivity index (χ3n) is 3.09. The van der Waals surface area contributed by atoms with Crippen LogP contribution >= 0.6 is 0 Å². The molecule has 0 bridgehead atoms. The van der Waals surface area contributed by atoms with Crippen molar-refractivity contribution in [1.29, 1.82) is 5.26 Å². The van der Waals surface area contributed by atoms with E-state index in [2.05, 4.69) is 21.4 Å². The molecule has 0 radical (unpaired) electrons. The van der Waals surface area contributed by atoms with Gasteiger partial charge < -0.3 is 10.2 Å². The number of nitrogens with one attached hydrogen (secondary N) is 1. The van der Waals surface area contributed by atoms with E-state index in [0.717, 1.165) is 17.5 Å². The highest BCUT2D eigenvalue weighted by atomic mass is 15.2. The number of nitrogens with zero attached hydrogens (tertiary/aromatic N) is 4. The van der Waals surface area contributed by atoms with E-state index < -0.39 is 0 Å². The minimum absolute atomic E-state index is 0.00706. The highest BCUT2D eigenvalue weighted by molar-refractivity contribution is 5.49. The van der Waals surface area contributed by atoms with Crippen molar-refractivity contribution in [3.8, 4) is 6.07 Å². The Morgan fingerprint density at radius 2 is 2.28 bits per heavy atom. The van der Waals surface area contributed by atoms with E-state index in [9.17, 15) is 0 Å². The van der Waals surface area contributed by atoms with Crippen LogP contribution in [0.5, 0.6) is 0 Å². The number of aromatic nitrogens is 2. The van der Waals surface area contributed by atoms with Gasteiger partial charge in [-0.2, -0.15) is 5.26 Å². The fourth-order valence-corrected chi connectivity index (χ4v) is 1.85. The van der Waals surface area contributed by atoms with Gasteiger partial charge in [-0.3, -0.25) is 0 Å². The zero-order chi connectivity index (χ0) is 13.1. The molecule has 5 heteroatoms. The summed E-state index contributed by atoms with van der Waals surface area (Å²) in [7, 11) is 3.83. The van der Waals surface area contributed by atoms with E-state index in [1.54, 1.807) is 0 Å². The molecule has 1 aromatic rings. The van der Waals surface area contributed by atoms with Gasteiger partial charge in [-0.05, 0) is 19.8 Å². The lowest BCUT2D eigenvalue weighted by molar-refractivity contribution is 0.706. The molecule has 0 amide bonds. The fourth-order valence-electron chi connectivity index (χ4n) is 1.85. The van der Waals surface area contributed by atoms with Gasteiger partial charge in [0.25, 0.3) is 0 Å². The second-order valence-corrected chi connectivity index (χ2v) is 4.90. The van der Waals surface area contributed by atoms with E-state index >= 15 is 0 Å². The minimum Gasteiger partial charge on any atom is -0.373 e. The monoisotopic (exact) mass is 245 g/mol. The molecule has 18 heavy (non-hydrogen) atoms. The number of anilines is 2. The Labute approximate surface area is 108 Å². The second kappa shape index (κ2) is 5.21. The van der Waals surface area contributed by atoms with Crippen LogP contribution in [0.2, 0.25) is 0 Å². The summed E-state index contributed by atoms with van der Waals surface area (Å²) in [5.41, 5.74) is 0. The first-order valence-corrected chi connectivity index (χ1v) is 6.31. The van der Waals surface area contributed by atoms with E-state index in [1.165, 1.54) is 12.8 Å². The topological polar surface area (TPSA) is 64.8 Å². The average Bonchev–Trinajstić information content (AvgIpc) is 3.22. The van der Waals surface area contributed by atoms with Crippen molar-refractivity contribution in [3.05, 3.63) is 11.9 Å². The summed E-state index contributed by atoms with van der Waals surface area (Å²) in [6, 6.07) is 4.17. The molecule has 0 saturated heterocycles. The van der Waals surface area contributed by atoms with Crippen molar-refractivity contribution >= 4 is 11.6 Å². The van der Waals surface area contributed by atoms with Gasteiger partial charge in [0, 0.05) is 32.6 Å². The van der Waals surface area contributed by atoms with Crippen LogP contribution in [-0.4, -0.2) is 30.6 Å². The maximum Gasteiger partial charge on any atom is 0.136 e. The molecule has 0 aliphatic heterocycles. The molecule has 5 nitrogen and oxygen atoms in total. The first-order chi connectivity index (χ1) is 8.63. The van der Waals surface area contributed by atoms with E-state index in [0.29, 0.717) is 12.5 Å². The predicted octanol–water partition coefficient (Wildman–Crippen LogP) is 1.99. The molecule has 0 aromatic carbocycles. The van der Waals surface area contributed by atoms with Gasteiger partial charge in [0.15, 0.2) is 0 Å². The first-order valence-electron chi connectivity index (χ1n) is 6.31. The summed E-state index contributed by atoms with van der Waals surface area (Å²) in [5.74, 6) is 3.18. The lowest BCUT2D eigenvalue weighted by Crippen LogP contribution is -2.24. The van der Waals surface area contributed by atoms with Crippen LogP contribution in [0.4, 0.5) is 11.6 Å². The molecule has 1 N–H and O–H groups in total. The van der Waals surface area contributed by atoms with Crippen LogP contribution in [0.3, 0.4) is 0 Å². The summed E-state index contributed by atoms with van der Waals surface area (Å²) in [6.07, 6.45) is 2.37. The third-order valence-corrected chi connectivity index (χ3v) is 3.09. The van der Waals surface area contributed by atoms with Crippen LogP contribution < -0.4 is 10.2 Å². The molecule has 1 saturated carbocycles. The normalized spacial score (nSPS) is 15.9. The van der Waals surface area contributed by atoms with Crippen molar-refractivity contribution in [2.24, 2.45) is 5.92 Å². The second-order valence-electron chi connectivity index (χ2n) is 4.90. The molecule has 1 heterocycles. The van der Waals surface area contributed by atoms with Gasteiger partial charge in [0.05, 0.1) is 12.0 Å². The number of hydrogen-bond acceptors (Lipinski definition) is 5. The predicted molar refractivity (Wildman–Crippen MR) is 71.6 cm³/mol. The van der Waals surface area contributed by atoms with Gasteiger partial charge in [0.1, 0.15) is 17.5 Å². The molecule has 0 spiro atoms. The van der Waals surface area contributed by atoms with Gasteiger partial charge in [0.2, 0.25) is 0 Å². The lowest BCUT2D eigenvalue weighted by atomic mass is 10.2. The van der Waals surface area contributed by atoms with Gasteiger partial charge >= 0.3 is 0 Å². The molecule has 2 rings (SSSR count). The first kappa shape index (κ1) is 12.6. The SMILES string of the molecule is CNc1cc(N(C)CC(C)C#N)nc(C2CC2)n1. The van der Waals surface area contributed by atoms with Crippen LogP contribution in [0.15, 0.2) is 6.07 Å². The van der Waals surface area contributed by atoms with Gasteiger partial charge in [-0.1, -0.05) is 0 Å². The zero-order valence-corrected chi connectivity index (χ0v) is 11.1. The lowest BCUT2D eigenvalue weighted by Gasteiger charge is -2.20. The molecular formula is C13H19N5. The van der Waals surface area contributed by atoms with Crippen molar-refractivity contribution in [3.63, 3.8) is 0 Å². The molecular weight excluding hydrogens is 226 g/mol. The maximum absolute atomic E-state index is 8.86. The van der Waals surface area contributed by atoms with Crippen molar-refractivity contribution in [2.75, 3.05) is 30.9 Å². The summed E-state index contributed by atoms with van der Waals surface area (Å²) in [5, 5.41) is 11.9. The maximum atomic E-state index is 8.86. The number of rotatable bonds is 5. The van der Waals surface area contributed by atoms with E-state index in [1.807, 2.05) is 32.0 Å². The average molecular weight is 245 g/mol. The summed E-state index contributed by atoms with van der Waals surface area (Å²) in [4.78, 5) is 11.1. The third kappa shape index (κ3) is 2.89. The van der Waals surface area contributed by atoms with Crippen molar-refractivity contribution in [2.45, 2.75) is 25.7 Å². The number of hydrogen-bond donors (Lipinski definition) is 1. The highest BCUT2D eigenvalue weighted by Crippen LogP contribution is 2.39. The summed E-state index contributed by atoms with van der Waals surface area (Å²) < 4.78 is 0. The summed E-state index contributed by atoms with van der Waals surface area (Å²) in [6.45, 7) is 2.60. The molecule has 1 fully saturated rings. The Balaban J connectivity index is 2.20. The number of nitriles is 1. The molecule has 1 aliphatic rings. The smallest absolute Gasteiger partial charge is 0.136 e. The zero-order valence-electron chi connectivity index (χ0n) is 11.1. The van der Waals surface area contributed by atoms with Gasteiger partial charge in [-0.25, -0.2) is 9.97 Å². The minimum atomic E-state index is -0.00706. The largest absolute Gasteiger partial charge is 0.373 e. The van der Waals surface area contributed by atoms with Crippen molar-refractivity contribution in [1.82, 2.24) is 9.97 Å². The Morgan fingerprint density at radius 1 is 1.56 bits per heavy atom. The molecule has 1 atom stereocenters. The van der Waals surface area contributed by atoms with Gasteiger partial charge in [-0.15, -0.1) is 0 Å². The Kier molecular flexibility index (Phi) is 3.66. The van der Waals surface area contributed by atoms with Crippen LogP contribution in [0.1, 0.15) is 31.5 Å². The Morgan fingerprint density at radius 3 is 2.83 bits per heavy atom. The van der Waals surface area contributed by atoms with E-state index in [4.69, 9.17) is 5.26 Å². The Hall–Kier alpha value is -1.83. The Bertz CT molecular complexity index is 461. The highest BCUT2D eigenvalue weighted by Gasteiger charge is 2.27. The van der Waals surface area contributed by atoms with Crippen LogP contribution in [0, 0.1) is 17.2 Å². The molecule has 1 aromatic heterocycles. The fraction of sp³-hybridized carbons (Fsp3) is 0.615. The van der Waals surface area contributed by atoms with Crippen LogP contribution in [-0.2, 0) is 0 Å². The molecule has 1 unspecified atom stereocenters. The molecule has 96 valence electrons.